The molecule has 0 bridgehead atoms. The summed E-state index contributed by atoms with van der Waals surface area (Å²) in [7, 11) is 0. The molecule has 156 valence electrons. The number of hydrogen-bond acceptors (Lipinski definition) is 6. The molecule has 2 aliphatic heterocycles. The first-order chi connectivity index (χ1) is 15.2. The molecule has 0 atom stereocenters. The fraction of sp³-hybridized carbons (Fsp3) is 0.174. The monoisotopic (exact) mass is 416 g/mol. The van der Waals surface area contributed by atoms with E-state index >= 15 is 0 Å². The van der Waals surface area contributed by atoms with E-state index in [4.69, 9.17) is 0 Å². The SMILES string of the molecule is O=C1Nc2ccc(F)cc2/C1=C\Nc1ccc(N2CCN(c3ncccn3)CC2)cc1. The van der Waals surface area contributed by atoms with Gasteiger partial charge in [0.15, 0.2) is 0 Å². The van der Waals surface area contributed by atoms with Crippen molar-refractivity contribution in [2.45, 2.75) is 0 Å². The van der Waals surface area contributed by atoms with Crippen LogP contribution in [0.3, 0.4) is 0 Å². The van der Waals surface area contributed by atoms with E-state index < -0.39 is 0 Å². The average molecular weight is 416 g/mol. The highest BCUT2D eigenvalue weighted by Gasteiger charge is 2.24. The number of anilines is 4. The summed E-state index contributed by atoms with van der Waals surface area (Å²) in [5.74, 6) is 0.154. The number of aromatic nitrogens is 2. The van der Waals surface area contributed by atoms with Gasteiger partial charge in [0.1, 0.15) is 5.82 Å². The number of nitrogens with one attached hydrogen (secondary N) is 2. The van der Waals surface area contributed by atoms with Gasteiger partial charge >= 0.3 is 0 Å². The summed E-state index contributed by atoms with van der Waals surface area (Å²) >= 11 is 0. The molecule has 5 rings (SSSR count). The number of amides is 1. The van der Waals surface area contributed by atoms with E-state index in [-0.39, 0.29) is 11.7 Å². The maximum atomic E-state index is 13.6. The van der Waals surface area contributed by atoms with Crippen LogP contribution in [0, 0.1) is 5.82 Å². The summed E-state index contributed by atoms with van der Waals surface area (Å²) in [6, 6.07) is 14.1. The quantitative estimate of drug-likeness (QED) is 0.636. The van der Waals surface area contributed by atoms with Gasteiger partial charge in [0, 0.05) is 67.4 Å². The molecule has 0 unspecified atom stereocenters. The second-order valence-electron chi connectivity index (χ2n) is 7.42. The first-order valence-corrected chi connectivity index (χ1v) is 10.1. The molecule has 31 heavy (non-hydrogen) atoms. The van der Waals surface area contributed by atoms with Crippen LogP contribution in [0.4, 0.5) is 27.4 Å². The maximum absolute atomic E-state index is 13.6. The molecule has 1 fully saturated rings. The topological polar surface area (TPSA) is 73.4 Å². The molecule has 0 spiro atoms. The number of rotatable bonds is 4. The van der Waals surface area contributed by atoms with Crippen molar-refractivity contribution in [1.29, 1.82) is 0 Å². The van der Waals surface area contributed by atoms with Gasteiger partial charge in [-0.1, -0.05) is 0 Å². The minimum absolute atomic E-state index is 0.245. The van der Waals surface area contributed by atoms with E-state index in [2.05, 4.69) is 42.5 Å². The van der Waals surface area contributed by atoms with E-state index in [0.29, 0.717) is 16.8 Å². The zero-order valence-electron chi connectivity index (χ0n) is 16.8. The lowest BCUT2D eigenvalue weighted by molar-refractivity contribution is -0.110. The second kappa shape index (κ2) is 8.06. The van der Waals surface area contributed by atoms with E-state index in [1.807, 2.05) is 18.2 Å². The number of benzene rings is 2. The predicted molar refractivity (Wildman–Crippen MR) is 120 cm³/mol. The van der Waals surface area contributed by atoms with Crippen molar-refractivity contribution in [3.05, 3.63) is 78.5 Å². The Labute approximate surface area is 179 Å². The third-order valence-corrected chi connectivity index (χ3v) is 5.49. The van der Waals surface area contributed by atoms with Gasteiger partial charge in [-0.25, -0.2) is 14.4 Å². The molecule has 1 saturated heterocycles. The normalized spacial score (nSPS) is 16.9. The number of nitrogens with zero attached hydrogens (tertiary/aromatic N) is 4. The molecule has 0 aliphatic carbocycles. The maximum Gasteiger partial charge on any atom is 0.257 e. The average Bonchev–Trinajstić information content (AvgIpc) is 3.13. The first kappa shape index (κ1) is 19.0. The van der Waals surface area contributed by atoms with E-state index in [1.54, 1.807) is 24.7 Å². The Hall–Kier alpha value is -3.94. The van der Waals surface area contributed by atoms with Gasteiger partial charge in [-0.05, 0) is 48.5 Å². The summed E-state index contributed by atoms with van der Waals surface area (Å²) in [5.41, 5.74) is 3.59. The third-order valence-electron chi connectivity index (χ3n) is 5.49. The molecular weight excluding hydrogens is 395 g/mol. The molecule has 2 N–H and O–H groups in total. The van der Waals surface area contributed by atoms with E-state index in [1.165, 1.54) is 12.1 Å². The Balaban J connectivity index is 1.23. The molecule has 1 amide bonds. The van der Waals surface area contributed by atoms with Gasteiger partial charge in [-0.2, -0.15) is 0 Å². The van der Waals surface area contributed by atoms with Crippen LogP contribution in [0.5, 0.6) is 0 Å². The predicted octanol–water partition coefficient (Wildman–Crippen LogP) is 3.35. The molecule has 2 aliphatic rings. The molecule has 3 aromatic rings. The van der Waals surface area contributed by atoms with Crippen molar-refractivity contribution in [1.82, 2.24) is 9.97 Å². The summed E-state index contributed by atoms with van der Waals surface area (Å²) in [6.07, 6.45) is 5.15. The van der Waals surface area contributed by atoms with Gasteiger partial charge in [-0.3, -0.25) is 4.79 Å². The number of carbonyl (C=O) groups is 1. The molecule has 0 radical (unpaired) electrons. The van der Waals surface area contributed by atoms with Crippen LogP contribution in [0.2, 0.25) is 0 Å². The molecule has 8 heteroatoms. The number of fused-ring (bicyclic) bond motifs is 1. The summed E-state index contributed by atoms with van der Waals surface area (Å²) in [5, 5.41) is 5.89. The smallest absolute Gasteiger partial charge is 0.257 e. The zero-order chi connectivity index (χ0) is 21.2. The minimum Gasteiger partial charge on any atom is -0.368 e. The molecule has 1 aromatic heterocycles. The van der Waals surface area contributed by atoms with E-state index in [9.17, 15) is 9.18 Å². The van der Waals surface area contributed by atoms with Crippen molar-refractivity contribution < 1.29 is 9.18 Å². The number of carbonyl (C=O) groups excluding carboxylic acids is 1. The Kier molecular flexibility index (Phi) is 4.95. The Morgan fingerprint density at radius 1 is 0.968 bits per heavy atom. The number of halogens is 1. The second-order valence-corrected chi connectivity index (χ2v) is 7.42. The molecule has 7 nitrogen and oxygen atoms in total. The van der Waals surface area contributed by atoms with Crippen molar-refractivity contribution >= 4 is 34.5 Å². The molecule has 2 aromatic carbocycles. The van der Waals surface area contributed by atoms with Crippen LogP contribution in [0.1, 0.15) is 5.56 Å². The molecule has 0 saturated carbocycles. The Morgan fingerprint density at radius 3 is 2.42 bits per heavy atom. The van der Waals surface area contributed by atoms with Crippen LogP contribution < -0.4 is 20.4 Å². The summed E-state index contributed by atoms with van der Waals surface area (Å²) in [6.45, 7) is 3.50. The highest BCUT2D eigenvalue weighted by molar-refractivity contribution is 6.31. The number of piperazine rings is 1. The van der Waals surface area contributed by atoms with Gasteiger partial charge in [0.05, 0.1) is 5.57 Å². The fourth-order valence-corrected chi connectivity index (χ4v) is 3.85. The lowest BCUT2D eigenvalue weighted by atomic mass is 10.1. The minimum atomic E-state index is -0.371. The zero-order valence-corrected chi connectivity index (χ0v) is 16.8. The first-order valence-electron chi connectivity index (χ1n) is 10.1. The van der Waals surface area contributed by atoms with E-state index in [0.717, 1.165) is 43.5 Å². The standard InChI is InChI=1S/C23H21FN6O/c24-16-2-7-21-19(14-16)20(22(31)28-21)15-27-17-3-5-18(6-4-17)29-10-12-30(13-11-29)23-25-8-1-9-26-23/h1-9,14-15,27H,10-13H2,(H,28,31)/b20-15+. The van der Waals surface area contributed by atoms with Crippen LogP contribution in [-0.2, 0) is 4.79 Å². The van der Waals surface area contributed by atoms with Gasteiger partial charge in [-0.15, -0.1) is 0 Å². The van der Waals surface area contributed by atoms with Crippen LogP contribution in [0.25, 0.3) is 5.57 Å². The lowest BCUT2D eigenvalue weighted by Gasteiger charge is -2.36. The largest absolute Gasteiger partial charge is 0.368 e. The third kappa shape index (κ3) is 3.92. The van der Waals surface area contributed by atoms with Gasteiger partial charge < -0.3 is 20.4 Å². The summed E-state index contributed by atoms with van der Waals surface area (Å²) < 4.78 is 13.6. The highest BCUT2D eigenvalue weighted by atomic mass is 19.1. The molecular formula is C23H21FN6O. The van der Waals surface area contributed by atoms with Crippen molar-refractivity contribution in [3.63, 3.8) is 0 Å². The Bertz CT molecular complexity index is 1120. The molecule has 3 heterocycles. The Morgan fingerprint density at radius 2 is 1.68 bits per heavy atom. The summed E-state index contributed by atoms with van der Waals surface area (Å²) in [4.78, 5) is 25.3. The lowest BCUT2D eigenvalue weighted by Crippen LogP contribution is -2.47. The van der Waals surface area contributed by atoms with Crippen molar-refractivity contribution in [2.24, 2.45) is 0 Å². The van der Waals surface area contributed by atoms with Crippen LogP contribution in [0.15, 0.2) is 67.1 Å². The van der Waals surface area contributed by atoms with Crippen molar-refractivity contribution in [2.75, 3.05) is 46.6 Å². The van der Waals surface area contributed by atoms with Crippen LogP contribution >= 0.6 is 0 Å². The highest BCUT2D eigenvalue weighted by Crippen LogP contribution is 2.32. The number of hydrogen-bond donors (Lipinski definition) is 2. The fourth-order valence-electron chi connectivity index (χ4n) is 3.85. The van der Waals surface area contributed by atoms with Gasteiger partial charge in [0.2, 0.25) is 5.95 Å². The van der Waals surface area contributed by atoms with Gasteiger partial charge in [0.25, 0.3) is 5.91 Å². The van der Waals surface area contributed by atoms with Crippen molar-refractivity contribution in [3.8, 4) is 0 Å². The van der Waals surface area contributed by atoms with Crippen LogP contribution in [-0.4, -0.2) is 42.1 Å².